The quantitative estimate of drug-likeness (QED) is 0.811. The smallest absolute Gasteiger partial charge is 0.409 e. The lowest BCUT2D eigenvalue weighted by atomic mass is 9.93. The maximum absolute atomic E-state index is 12.1. The van der Waals surface area contributed by atoms with Crippen molar-refractivity contribution in [1.29, 1.82) is 0 Å². The third-order valence-electron chi connectivity index (χ3n) is 5.19. The van der Waals surface area contributed by atoms with E-state index in [2.05, 4.69) is 34.5 Å². The zero-order valence-electron chi connectivity index (χ0n) is 15.4. The Kier molecular flexibility index (Phi) is 6.89. The Morgan fingerprint density at radius 3 is 2.65 bits per heavy atom. The van der Waals surface area contributed by atoms with Gasteiger partial charge in [-0.1, -0.05) is 30.3 Å². The lowest BCUT2D eigenvalue weighted by molar-refractivity contribution is -0.122. The number of nitrogens with one attached hydrogen (secondary N) is 1. The Bertz CT molecular complexity index is 585. The number of piperidine rings is 1. The molecule has 0 aromatic heterocycles. The molecule has 142 valence electrons. The van der Waals surface area contributed by atoms with E-state index >= 15 is 0 Å². The van der Waals surface area contributed by atoms with Gasteiger partial charge in [-0.25, -0.2) is 4.79 Å². The highest BCUT2D eigenvalue weighted by Crippen LogP contribution is 2.21. The highest BCUT2D eigenvalue weighted by Gasteiger charge is 2.22. The van der Waals surface area contributed by atoms with Crippen LogP contribution in [0.3, 0.4) is 0 Å². The van der Waals surface area contributed by atoms with Crippen molar-refractivity contribution in [1.82, 2.24) is 15.1 Å². The molecule has 0 bridgehead atoms. The van der Waals surface area contributed by atoms with Crippen molar-refractivity contribution < 1.29 is 14.3 Å². The Morgan fingerprint density at radius 1 is 1.15 bits per heavy atom. The molecule has 2 amide bonds. The number of hydrogen-bond acceptors (Lipinski definition) is 4. The number of nitrogens with zero attached hydrogens (tertiary/aromatic N) is 2. The summed E-state index contributed by atoms with van der Waals surface area (Å²) < 4.78 is 4.99. The monoisotopic (exact) mass is 359 g/mol. The van der Waals surface area contributed by atoms with E-state index in [-0.39, 0.29) is 12.0 Å². The van der Waals surface area contributed by atoms with E-state index in [4.69, 9.17) is 4.74 Å². The molecular formula is C20H29N3O3. The summed E-state index contributed by atoms with van der Waals surface area (Å²) in [6.07, 6.45) is 3.32. The molecule has 2 heterocycles. The number of benzene rings is 1. The van der Waals surface area contributed by atoms with Crippen LogP contribution in [0.25, 0.3) is 0 Å². The largest absolute Gasteiger partial charge is 0.449 e. The number of likely N-dealkylation sites (tertiary alicyclic amines) is 1. The molecule has 0 spiro atoms. The highest BCUT2D eigenvalue weighted by molar-refractivity contribution is 5.76. The van der Waals surface area contributed by atoms with Gasteiger partial charge in [-0.15, -0.1) is 0 Å². The van der Waals surface area contributed by atoms with Crippen molar-refractivity contribution in [3.8, 4) is 0 Å². The molecule has 6 heteroatoms. The molecule has 2 aliphatic rings. The van der Waals surface area contributed by atoms with Crippen molar-refractivity contribution in [3.05, 3.63) is 35.9 Å². The van der Waals surface area contributed by atoms with Crippen molar-refractivity contribution in [3.63, 3.8) is 0 Å². The fourth-order valence-corrected chi connectivity index (χ4v) is 3.66. The van der Waals surface area contributed by atoms with Gasteiger partial charge in [0, 0.05) is 32.6 Å². The number of hydrogen-bond donors (Lipinski definition) is 1. The molecule has 2 aliphatic heterocycles. The van der Waals surface area contributed by atoms with Crippen LogP contribution in [0, 0.1) is 5.92 Å². The Hall–Kier alpha value is -2.08. The van der Waals surface area contributed by atoms with Gasteiger partial charge in [-0.2, -0.15) is 0 Å². The standard InChI is InChI=1S/C20H29N3O3/c24-19(21-9-13-23-10-4-14-26-20(23)25)15-17-7-11-22(12-8-17)16-18-5-2-1-3-6-18/h1-3,5-6,17H,4,7-16H2,(H,21,24). The molecule has 0 unspecified atom stereocenters. The summed E-state index contributed by atoms with van der Waals surface area (Å²) in [7, 11) is 0. The van der Waals surface area contributed by atoms with E-state index in [0.29, 0.717) is 38.6 Å². The minimum Gasteiger partial charge on any atom is -0.449 e. The molecule has 6 nitrogen and oxygen atoms in total. The lowest BCUT2D eigenvalue weighted by Crippen LogP contribution is -2.43. The first-order valence-electron chi connectivity index (χ1n) is 9.65. The van der Waals surface area contributed by atoms with Crippen LogP contribution in [0.5, 0.6) is 0 Å². The minimum atomic E-state index is -0.267. The molecular weight excluding hydrogens is 330 g/mol. The fraction of sp³-hybridized carbons (Fsp3) is 0.600. The maximum Gasteiger partial charge on any atom is 0.409 e. The number of amides is 2. The number of carbonyl (C=O) groups is 2. The van der Waals surface area contributed by atoms with E-state index in [1.807, 2.05) is 6.07 Å². The van der Waals surface area contributed by atoms with Crippen LogP contribution < -0.4 is 5.32 Å². The van der Waals surface area contributed by atoms with Crippen LogP contribution in [0.2, 0.25) is 0 Å². The zero-order chi connectivity index (χ0) is 18.2. The van der Waals surface area contributed by atoms with Gasteiger partial charge in [0.2, 0.25) is 5.91 Å². The first-order chi connectivity index (χ1) is 12.7. The van der Waals surface area contributed by atoms with Crippen molar-refractivity contribution >= 4 is 12.0 Å². The number of carbonyl (C=O) groups excluding carboxylic acids is 2. The zero-order valence-corrected chi connectivity index (χ0v) is 15.4. The van der Waals surface area contributed by atoms with Gasteiger partial charge in [-0.05, 0) is 43.8 Å². The second-order valence-electron chi connectivity index (χ2n) is 7.21. The molecule has 0 radical (unpaired) electrons. The Labute approximate surface area is 155 Å². The summed E-state index contributed by atoms with van der Waals surface area (Å²) in [6.45, 7) is 5.34. The summed E-state index contributed by atoms with van der Waals surface area (Å²) in [5.74, 6) is 0.555. The molecule has 0 saturated carbocycles. The van der Waals surface area contributed by atoms with E-state index < -0.39 is 0 Å². The summed E-state index contributed by atoms with van der Waals surface area (Å²) in [4.78, 5) is 27.8. The number of ether oxygens (including phenoxy) is 1. The van der Waals surface area contributed by atoms with E-state index in [1.165, 1.54) is 5.56 Å². The molecule has 0 aliphatic carbocycles. The van der Waals surface area contributed by atoms with E-state index in [9.17, 15) is 9.59 Å². The van der Waals surface area contributed by atoms with Gasteiger partial charge < -0.3 is 15.0 Å². The van der Waals surface area contributed by atoms with Crippen LogP contribution in [-0.4, -0.2) is 61.1 Å². The van der Waals surface area contributed by atoms with Crippen LogP contribution in [0.15, 0.2) is 30.3 Å². The molecule has 26 heavy (non-hydrogen) atoms. The van der Waals surface area contributed by atoms with Crippen molar-refractivity contribution in [2.45, 2.75) is 32.2 Å². The Morgan fingerprint density at radius 2 is 1.92 bits per heavy atom. The van der Waals surface area contributed by atoms with Gasteiger partial charge >= 0.3 is 6.09 Å². The van der Waals surface area contributed by atoms with E-state index in [1.54, 1.807) is 4.90 Å². The predicted molar refractivity (Wildman–Crippen MR) is 99.6 cm³/mol. The molecule has 2 fully saturated rings. The Balaban J connectivity index is 1.30. The van der Waals surface area contributed by atoms with Crippen LogP contribution >= 0.6 is 0 Å². The lowest BCUT2D eigenvalue weighted by Gasteiger charge is -2.31. The summed E-state index contributed by atoms with van der Waals surface area (Å²) in [5, 5.41) is 2.95. The third-order valence-corrected chi connectivity index (χ3v) is 5.19. The number of cyclic esters (lactones) is 1. The topological polar surface area (TPSA) is 61.9 Å². The maximum atomic E-state index is 12.1. The van der Waals surface area contributed by atoms with E-state index in [0.717, 1.165) is 38.9 Å². The summed E-state index contributed by atoms with van der Waals surface area (Å²) >= 11 is 0. The van der Waals surface area contributed by atoms with Crippen LogP contribution in [0.4, 0.5) is 4.79 Å². The average molecular weight is 359 g/mol. The van der Waals surface area contributed by atoms with Crippen LogP contribution in [0.1, 0.15) is 31.2 Å². The molecule has 3 rings (SSSR count). The second-order valence-corrected chi connectivity index (χ2v) is 7.21. The minimum absolute atomic E-state index is 0.0943. The second kappa shape index (κ2) is 9.57. The molecule has 1 aromatic carbocycles. The normalized spacial score (nSPS) is 19.2. The number of rotatable bonds is 7. The van der Waals surface area contributed by atoms with Crippen molar-refractivity contribution in [2.24, 2.45) is 5.92 Å². The fourth-order valence-electron chi connectivity index (χ4n) is 3.66. The van der Waals surface area contributed by atoms with Gasteiger partial charge in [0.1, 0.15) is 0 Å². The molecule has 1 N–H and O–H groups in total. The van der Waals surface area contributed by atoms with Gasteiger partial charge in [0.15, 0.2) is 0 Å². The summed E-state index contributed by atoms with van der Waals surface area (Å²) in [6, 6.07) is 10.5. The van der Waals surface area contributed by atoms with Gasteiger partial charge in [0.25, 0.3) is 0 Å². The van der Waals surface area contributed by atoms with Crippen LogP contribution in [-0.2, 0) is 16.1 Å². The van der Waals surface area contributed by atoms with Gasteiger partial charge in [0.05, 0.1) is 6.61 Å². The van der Waals surface area contributed by atoms with Crippen molar-refractivity contribution in [2.75, 3.05) is 39.3 Å². The molecule has 1 aromatic rings. The van der Waals surface area contributed by atoms with Gasteiger partial charge in [-0.3, -0.25) is 9.69 Å². The SMILES string of the molecule is O=C(CC1CCN(Cc2ccccc2)CC1)NCCN1CCCOC1=O. The highest BCUT2D eigenvalue weighted by atomic mass is 16.6. The third kappa shape index (κ3) is 5.73. The first kappa shape index (κ1) is 18.7. The molecule has 2 saturated heterocycles. The predicted octanol–water partition coefficient (Wildman–Crippen LogP) is 2.25. The summed E-state index contributed by atoms with van der Waals surface area (Å²) in [5.41, 5.74) is 1.35. The average Bonchev–Trinajstić information content (AvgIpc) is 2.66. The molecule has 0 atom stereocenters. The first-order valence-corrected chi connectivity index (χ1v) is 9.65.